The van der Waals surface area contributed by atoms with Crippen molar-refractivity contribution >= 4 is 33.8 Å². The smallest absolute Gasteiger partial charge is 0.224 e. The maximum atomic E-state index is 12.1. The number of carbonyl (C=O) groups is 1. The monoisotopic (exact) mass is 400 g/mol. The van der Waals surface area contributed by atoms with Gasteiger partial charge >= 0.3 is 0 Å². The van der Waals surface area contributed by atoms with Crippen LogP contribution in [0.3, 0.4) is 0 Å². The van der Waals surface area contributed by atoms with Crippen LogP contribution in [0.1, 0.15) is 29.5 Å². The zero-order valence-corrected chi connectivity index (χ0v) is 16.9. The Kier molecular flexibility index (Phi) is 5.50. The van der Waals surface area contributed by atoms with Gasteiger partial charge in [0.25, 0.3) is 0 Å². The molecule has 4 rings (SSSR count). The number of carbonyl (C=O) groups excluding carboxylic acids is 1. The largest absolute Gasteiger partial charge is 0.361 e. The Morgan fingerprint density at radius 3 is 2.97 bits per heavy atom. The molecule has 152 valence electrons. The third-order valence-electron chi connectivity index (χ3n) is 5.60. The minimum Gasteiger partial charge on any atom is -0.361 e. The van der Waals surface area contributed by atoms with Crippen molar-refractivity contribution in [2.45, 2.75) is 19.8 Å². The van der Waals surface area contributed by atoms with Gasteiger partial charge in [0.1, 0.15) is 6.07 Å². The Balaban J connectivity index is 1.68. The number of nitrogens with one attached hydrogen (secondary N) is 2. The minimum absolute atomic E-state index is 0.0745. The van der Waals surface area contributed by atoms with E-state index in [1.807, 2.05) is 35.4 Å². The lowest BCUT2D eigenvalue weighted by Crippen LogP contribution is -2.35. The van der Waals surface area contributed by atoms with E-state index in [0.29, 0.717) is 38.0 Å². The fourth-order valence-corrected chi connectivity index (χ4v) is 3.90. The van der Waals surface area contributed by atoms with Crippen LogP contribution < -0.4 is 11.1 Å². The van der Waals surface area contributed by atoms with E-state index in [-0.39, 0.29) is 5.91 Å². The molecule has 1 aliphatic rings. The van der Waals surface area contributed by atoms with Gasteiger partial charge in [-0.2, -0.15) is 5.26 Å². The maximum absolute atomic E-state index is 12.1. The summed E-state index contributed by atoms with van der Waals surface area (Å²) in [5.74, 6) is 0.0745. The Bertz CT molecular complexity index is 1170. The van der Waals surface area contributed by atoms with Crippen molar-refractivity contribution in [2.24, 2.45) is 5.73 Å². The molecule has 0 spiro atoms. The van der Waals surface area contributed by atoms with E-state index < -0.39 is 0 Å². The summed E-state index contributed by atoms with van der Waals surface area (Å²) in [6.07, 6.45) is 8.40. The van der Waals surface area contributed by atoms with Crippen LogP contribution in [-0.4, -0.2) is 40.4 Å². The van der Waals surface area contributed by atoms with E-state index in [2.05, 4.69) is 28.3 Å². The van der Waals surface area contributed by atoms with Gasteiger partial charge in [0, 0.05) is 66.8 Å². The minimum atomic E-state index is 0.0745. The lowest BCUT2D eigenvalue weighted by Gasteiger charge is -2.27. The number of anilines is 2. The summed E-state index contributed by atoms with van der Waals surface area (Å²) in [4.78, 5) is 21.4. The number of hydrogen-bond acceptors (Lipinski definition) is 5. The van der Waals surface area contributed by atoms with Crippen LogP contribution in [0.25, 0.3) is 16.5 Å². The summed E-state index contributed by atoms with van der Waals surface area (Å²) < 4.78 is 0. The summed E-state index contributed by atoms with van der Waals surface area (Å²) in [6.45, 7) is 3.60. The molecular formula is C23H24N6O. The summed E-state index contributed by atoms with van der Waals surface area (Å²) in [5, 5.41) is 14.3. The quantitative estimate of drug-likeness (QED) is 0.607. The molecule has 0 saturated heterocycles. The number of nitrogens with zero attached hydrogens (tertiary/aromatic N) is 3. The molecule has 1 aromatic carbocycles. The topological polar surface area (TPSA) is 111 Å². The number of hydrogen-bond donors (Lipinski definition) is 3. The first-order valence-corrected chi connectivity index (χ1v) is 10.0. The molecule has 0 saturated carbocycles. The van der Waals surface area contributed by atoms with Crippen LogP contribution in [0.2, 0.25) is 0 Å². The molecule has 30 heavy (non-hydrogen) atoms. The third-order valence-corrected chi connectivity index (χ3v) is 5.60. The highest BCUT2D eigenvalue weighted by atomic mass is 16.2. The fraction of sp³-hybridized carbons (Fsp3) is 0.261. The highest BCUT2D eigenvalue weighted by Gasteiger charge is 2.21. The van der Waals surface area contributed by atoms with Crippen molar-refractivity contribution in [1.29, 1.82) is 5.26 Å². The molecule has 7 heteroatoms. The van der Waals surface area contributed by atoms with Gasteiger partial charge in [0.2, 0.25) is 5.91 Å². The van der Waals surface area contributed by atoms with Gasteiger partial charge in [-0.3, -0.25) is 9.78 Å². The number of pyridine rings is 1. The van der Waals surface area contributed by atoms with Crippen molar-refractivity contribution in [1.82, 2.24) is 14.9 Å². The van der Waals surface area contributed by atoms with Gasteiger partial charge in [-0.05, 0) is 42.7 Å². The predicted octanol–water partition coefficient (Wildman–Crippen LogP) is 3.45. The van der Waals surface area contributed by atoms with Crippen molar-refractivity contribution in [3.63, 3.8) is 0 Å². The standard InChI is InChI=1S/C23H24N6O/c1-15-18-5-9-27-21(18)3-2-20(15)28-23-17(12-25)13-26-14-19(23)16-6-10-29(11-7-16)22(30)4-8-24/h2-3,5-6,9,13-14,27H,4,7-8,10-11,24H2,1H3,(H,26,28). The highest BCUT2D eigenvalue weighted by molar-refractivity contribution is 5.91. The second-order valence-electron chi connectivity index (χ2n) is 7.38. The van der Waals surface area contributed by atoms with Crippen LogP contribution >= 0.6 is 0 Å². The van der Waals surface area contributed by atoms with Crippen LogP contribution in [0.15, 0.2) is 42.9 Å². The molecule has 3 aromatic rings. The summed E-state index contributed by atoms with van der Waals surface area (Å²) in [7, 11) is 0. The summed E-state index contributed by atoms with van der Waals surface area (Å²) in [6, 6.07) is 8.34. The Morgan fingerprint density at radius 2 is 2.23 bits per heavy atom. The van der Waals surface area contributed by atoms with Crippen LogP contribution in [0, 0.1) is 18.3 Å². The number of amides is 1. The number of fused-ring (bicyclic) bond motifs is 1. The number of H-pyrrole nitrogens is 1. The van der Waals surface area contributed by atoms with E-state index in [4.69, 9.17) is 5.73 Å². The van der Waals surface area contributed by atoms with Gasteiger partial charge in [0.15, 0.2) is 0 Å². The van der Waals surface area contributed by atoms with Gasteiger partial charge in [0.05, 0.1) is 11.3 Å². The molecule has 3 heterocycles. The zero-order valence-electron chi connectivity index (χ0n) is 16.9. The Labute approximate surface area is 175 Å². The number of aromatic amines is 1. The first-order valence-electron chi connectivity index (χ1n) is 10.0. The van der Waals surface area contributed by atoms with E-state index in [0.717, 1.165) is 39.0 Å². The molecule has 0 aliphatic carbocycles. The van der Waals surface area contributed by atoms with Crippen molar-refractivity contribution in [3.8, 4) is 6.07 Å². The number of nitrogens with two attached hydrogens (primary N) is 1. The predicted molar refractivity (Wildman–Crippen MR) is 118 cm³/mol. The second kappa shape index (κ2) is 8.39. The molecule has 0 atom stereocenters. The number of rotatable bonds is 5. The van der Waals surface area contributed by atoms with Gasteiger partial charge in [-0.1, -0.05) is 6.08 Å². The number of nitriles is 1. The van der Waals surface area contributed by atoms with E-state index in [1.54, 1.807) is 12.4 Å². The Morgan fingerprint density at radius 1 is 1.37 bits per heavy atom. The van der Waals surface area contributed by atoms with Gasteiger partial charge in [-0.25, -0.2) is 0 Å². The van der Waals surface area contributed by atoms with E-state index in [9.17, 15) is 10.1 Å². The van der Waals surface area contributed by atoms with E-state index >= 15 is 0 Å². The average Bonchev–Trinajstić information content (AvgIpc) is 3.26. The zero-order chi connectivity index (χ0) is 21.1. The van der Waals surface area contributed by atoms with Gasteiger partial charge in [-0.15, -0.1) is 0 Å². The SMILES string of the molecule is Cc1c(Nc2c(C#N)cncc2C2=CCN(C(=O)CCN)CC2)ccc2[nH]ccc12. The number of benzene rings is 1. The molecule has 0 radical (unpaired) electrons. The molecule has 0 unspecified atom stereocenters. The Hall–Kier alpha value is -3.63. The molecular weight excluding hydrogens is 376 g/mol. The molecule has 7 nitrogen and oxygen atoms in total. The maximum Gasteiger partial charge on any atom is 0.224 e. The van der Waals surface area contributed by atoms with E-state index in [1.165, 1.54) is 0 Å². The highest BCUT2D eigenvalue weighted by Crippen LogP contribution is 2.34. The van der Waals surface area contributed by atoms with Crippen LogP contribution in [-0.2, 0) is 4.79 Å². The summed E-state index contributed by atoms with van der Waals surface area (Å²) in [5.41, 5.74) is 11.9. The molecule has 0 bridgehead atoms. The van der Waals surface area contributed by atoms with Crippen molar-refractivity contribution < 1.29 is 4.79 Å². The van der Waals surface area contributed by atoms with Crippen molar-refractivity contribution in [3.05, 3.63) is 59.6 Å². The van der Waals surface area contributed by atoms with Crippen LogP contribution in [0.5, 0.6) is 0 Å². The molecule has 2 aromatic heterocycles. The second-order valence-corrected chi connectivity index (χ2v) is 7.38. The number of aryl methyl sites for hydroxylation is 1. The average molecular weight is 400 g/mol. The first kappa shape index (κ1) is 19.7. The molecule has 4 N–H and O–H groups in total. The van der Waals surface area contributed by atoms with Crippen molar-refractivity contribution in [2.75, 3.05) is 25.0 Å². The van der Waals surface area contributed by atoms with Gasteiger partial charge < -0.3 is 20.9 Å². The normalized spacial score (nSPS) is 13.8. The first-order chi connectivity index (χ1) is 14.6. The van der Waals surface area contributed by atoms with Crippen LogP contribution in [0.4, 0.5) is 11.4 Å². The molecule has 1 aliphatic heterocycles. The third kappa shape index (κ3) is 3.65. The molecule has 1 amide bonds. The summed E-state index contributed by atoms with van der Waals surface area (Å²) >= 11 is 0. The lowest BCUT2D eigenvalue weighted by molar-refractivity contribution is -0.130. The fourth-order valence-electron chi connectivity index (χ4n) is 3.90. The number of aromatic nitrogens is 2. The lowest BCUT2D eigenvalue weighted by atomic mass is 9.97. The molecule has 0 fully saturated rings.